The van der Waals surface area contributed by atoms with Crippen LogP contribution in [-0.2, 0) is 4.79 Å². The van der Waals surface area contributed by atoms with E-state index in [0.29, 0.717) is 0 Å². The number of anilines is 1. The summed E-state index contributed by atoms with van der Waals surface area (Å²) in [5, 5.41) is 2.97. The van der Waals surface area contributed by atoms with E-state index in [0.717, 1.165) is 29.8 Å². The first-order valence-electron chi connectivity index (χ1n) is 6.08. The quantitative estimate of drug-likeness (QED) is 0.871. The zero-order valence-corrected chi connectivity index (χ0v) is 10.7. The minimum Gasteiger partial charge on any atom is -0.495 e. The molecule has 0 atom stereocenters. The minimum absolute atomic E-state index is 0.123. The van der Waals surface area contributed by atoms with E-state index in [9.17, 15) is 4.79 Å². The zero-order chi connectivity index (χ0) is 12.4. The summed E-state index contributed by atoms with van der Waals surface area (Å²) in [6, 6.07) is 3.94. The Bertz CT molecular complexity index is 436. The number of amides is 1. The molecule has 1 aromatic carbocycles. The van der Waals surface area contributed by atoms with Gasteiger partial charge in [-0.05, 0) is 49.9 Å². The Hall–Kier alpha value is -1.51. The largest absolute Gasteiger partial charge is 0.495 e. The van der Waals surface area contributed by atoms with Crippen LogP contribution in [-0.4, -0.2) is 13.0 Å². The Kier molecular flexibility index (Phi) is 3.36. The molecule has 1 N–H and O–H groups in total. The van der Waals surface area contributed by atoms with Gasteiger partial charge in [0.2, 0.25) is 5.91 Å². The van der Waals surface area contributed by atoms with Crippen LogP contribution in [0.2, 0.25) is 0 Å². The van der Waals surface area contributed by atoms with Crippen LogP contribution in [0.4, 0.5) is 5.69 Å². The monoisotopic (exact) mass is 233 g/mol. The van der Waals surface area contributed by atoms with Crippen molar-refractivity contribution in [3.8, 4) is 5.75 Å². The van der Waals surface area contributed by atoms with Gasteiger partial charge in [-0.2, -0.15) is 0 Å². The minimum atomic E-state index is 0.123. The Morgan fingerprint density at radius 1 is 1.29 bits per heavy atom. The van der Waals surface area contributed by atoms with Crippen molar-refractivity contribution in [3.05, 3.63) is 23.3 Å². The molecule has 1 aliphatic carbocycles. The Labute approximate surface area is 102 Å². The molecule has 0 aromatic heterocycles. The van der Waals surface area contributed by atoms with Gasteiger partial charge in [-0.3, -0.25) is 4.79 Å². The van der Waals surface area contributed by atoms with Crippen molar-refractivity contribution in [2.24, 2.45) is 5.92 Å². The maximum absolute atomic E-state index is 11.9. The molecule has 0 spiro atoms. The van der Waals surface area contributed by atoms with Gasteiger partial charge < -0.3 is 10.1 Å². The van der Waals surface area contributed by atoms with Gasteiger partial charge in [0, 0.05) is 5.92 Å². The number of benzene rings is 1. The van der Waals surface area contributed by atoms with Gasteiger partial charge in [-0.1, -0.05) is 6.42 Å². The number of hydrogen-bond acceptors (Lipinski definition) is 2. The van der Waals surface area contributed by atoms with Gasteiger partial charge in [-0.15, -0.1) is 0 Å². The maximum atomic E-state index is 11.9. The highest BCUT2D eigenvalue weighted by Crippen LogP contribution is 2.31. The molecule has 0 radical (unpaired) electrons. The summed E-state index contributed by atoms with van der Waals surface area (Å²) in [5.41, 5.74) is 3.12. The lowest BCUT2D eigenvalue weighted by molar-refractivity contribution is -0.122. The van der Waals surface area contributed by atoms with Crippen LogP contribution in [0.3, 0.4) is 0 Å². The third-order valence-corrected chi connectivity index (χ3v) is 3.55. The highest BCUT2D eigenvalue weighted by Gasteiger charge is 2.25. The molecule has 1 aromatic rings. The number of carbonyl (C=O) groups excluding carboxylic acids is 1. The van der Waals surface area contributed by atoms with Crippen molar-refractivity contribution >= 4 is 11.6 Å². The first-order chi connectivity index (χ1) is 8.11. The fourth-order valence-corrected chi connectivity index (χ4v) is 1.96. The molecule has 1 saturated carbocycles. The summed E-state index contributed by atoms with van der Waals surface area (Å²) in [4.78, 5) is 11.9. The normalized spacial score (nSPS) is 15.2. The molecule has 2 rings (SSSR count). The molecule has 1 amide bonds. The van der Waals surface area contributed by atoms with Crippen molar-refractivity contribution in [1.82, 2.24) is 0 Å². The average Bonchev–Trinajstić information content (AvgIpc) is 2.20. The van der Waals surface area contributed by atoms with E-state index in [1.165, 1.54) is 12.0 Å². The second kappa shape index (κ2) is 4.78. The lowest BCUT2D eigenvalue weighted by Crippen LogP contribution is -2.28. The number of rotatable bonds is 3. The molecule has 0 saturated heterocycles. The molecular formula is C14H19NO2. The van der Waals surface area contributed by atoms with E-state index >= 15 is 0 Å². The predicted molar refractivity (Wildman–Crippen MR) is 68.4 cm³/mol. The number of aryl methyl sites for hydroxylation is 2. The summed E-state index contributed by atoms with van der Waals surface area (Å²) < 4.78 is 5.30. The zero-order valence-electron chi connectivity index (χ0n) is 10.7. The second-order valence-electron chi connectivity index (χ2n) is 4.75. The fourth-order valence-electron chi connectivity index (χ4n) is 1.96. The number of nitrogens with one attached hydrogen (secondary N) is 1. The lowest BCUT2D eigenvalue weighted by Gasteiger charge is -2.24. The van der Waals surface area contributed by atoms with E-state index < -0.39 is 0 Å². The number of ether oxygens (including phenoxy) is 1. The van der Waals surface area contributed by atoms with Crippen molar-refractivity contribution in [1.29, 1.82) is 0 Å². The Balaban J connectivity index is 2.18. The Morgan fingerprint density at radius 2 is 1.94 bits per heavy atom. The van der Waals surface area contributed by atoms with Gasteiger partial charge in [0.1, 0.15) is 5.75 Å². The van der Waals surface area contributed by atoms with E-state index in [2.05, 4.69) is 5.32 Å². The van der Waals surface area contributed by atoms with Crippen molar-refractivity contribution in [3.63, 3.8) is 0 Å². The molecular weight excluding hydrogens is 214 g/mol. The summed E-state index contributed by atoms with van der Waals surface area (Å²) in [6.45, 7) is 4.07. The molecule has 0 unspecified atom stereocenters. The van der Waals surface area contributed by atoms with Crippen LogP contribution in [0.15, 0.2) is 12.1 Å². The smallest absolute Gasteiger partial charge is 0.227 e. The predicted octanol–water partition coefficient (Wildman–Crippen LogP) is 3.05. The van der Waals surface area contributed by atoms with Gasteiger partial charge in [0.15, 0.2) is 0 Å². The van der Waals surface area contributed by atoms with E-state index in [-0.39, 0.29) is 11.8 Å². The van der Waals surface area contributed by atoms with Crippen LogP contribution >= 0.6 is 0 Å². The molecule has 0 heterocycles. The third-order valence-electron chi connectivity index (χ3n) is 3.55. The van der Waals surface area contributed by atoms with Crippen molar-refractivity contribution in [2.75, 3.05) is 12.4 Å². The van der Waals surface area contributed by atoms with Gasteiger partial charge in [-0.25, -0.2) is 0 Å². The van der Waals surface area contributed by atoms with Crippen LogP contribution in [0, 0.1) is 19.8 Å². The molecule has 17 heavy (non-hydrogen) atoms. The van der Waals surface area contributed by atoms with Gasteiger partial charge in [0.25, 0.3) is 0 Å². The summed E-state index contributed by atoms with van der Waals surface area (Å²) >= 11 is 0. The molecule has 92 valence electrons. The van der Waals surface area contributed by atoms with E-state index in [4.69, 9.17) is 4.74 Å². The highest BCUT2D eigenvalue weighted by atomic mass is 16.5. The maximum Gasteiger partial charge on any atom is 0.227 e. The van der Waals surface area contributed by atoms with Crippen LogP contribution in [0.25, 0.3) is 0 Å². The molecule has 0 aliphatic heterocycles. The molecule has 3 nitrogen and oxygen atoms in total. The van der Waals surface area contributed by atoms with Crippen LogP contribution in [0.5, 0.6) is 5.75 Å². The standard InChI is InChI=1S/C14H19NO2/c1-9-7-12(13(17-3)8-10(9)2)15-14(16)11-5-4-6-11/h7-8,11H,4-6H2,1-3H3,(H,15,16). The number of methoxy groups -OCH3 is 1. The first kappa shape index (κ1) is 12.0. The second-order valence-corrected chi connectivity index (χ2v) is 4.75. The highest BCUT2D eigenvalue weighted by molar-refractivity contribution is 5.94. The van der Waals surface area contributed by atoms with E-state index in [1.807, 2.05) is 26.0 Å². The van der Waals surface area contributed by atoms with E-state index in [1.54, 1.807) is 7.11 Å². The fraction of sp³-hybridized carbons (Fsp3) is 0.500. The van der Waals surface area contributed by atoms with Crippen molar-refractivity contribution < 1.29 is 9.53 Å². The number of hydrogen-bond donors (Lipinski definition) is 1. The summed E-state index contributed by atoms with van der Waals surface area (Å²) in [6.07, 6.45) is 3.19. The van der Waals surface area contributed by atoms with Gasteiger partial charge >= 0.3 is 0 Å². The van der Waals surface area contributed by atoms with Crippen molar-refractivity contribution in [2.45, 2.75) is 33.1 Å². The Morgan fingerprint density at radius 3 is 2.47 bits per heavy atom. The van der Waals surface area contributed by atoms with Crippen LogP contribution < -0.4 is 10.1 Å². The summed E-state index contributed by atoms with van der Waals surface area (Å²) in [7, 11) is 1.63. The average molecular weight is 233 g/mol. The molecule has 1 aliphatic rings. The lowest BCUT2D eigenvalue weighted by atomic mass is 9.85. The number of carbonyl (C=O) groups is 1. The van der Waals surface area contributed by atoms with Crippen LogP contribution in [0.1, 0.15) is 30.4 Å². The molecule has 3 heteroatoms. The third kappa shape index (κ3) is 2.43. The van der Waals surface area contributed by atoms with Gasteiger partial charge in [0.05, 0.1) is 12.8 Å². The first-order valence-corrected chi connectivity index (χ1v) is 6.08. The molecule has 1 fully saturated rings. The summed E-state index contributed by atoms with van der Waals surface area (Å²) in [5.74, 6) is 1.06. The molecule has 0 bridgehead atoms. The SMILES string of the molecule is COc1cc(C)c(C)cc1NC(=O)C1CCC1. The topological polar surface area (TPSA) is 38.3 Å².